The SMILES string of the molecule is C#CCNc1ccn(C)n1. The summed E-state index contributed by atoms with van der Waals surface area (Å²) in [5, 5.41) is 7.01. The number of terminal acetylenes is 1. The quantitative estimate of drug-likeness (QED) is 0.597. The lowest BCUT2D eigenvalue weighted by atomic mass is 10.6. The molecule has 0 unspecified atom stereocenters. The summed E-state index contributed by atoms with van der Waals surface area (Å²) in [7, 11) is 1.86. The first-order valence-corrected chi connectivity index (χ1v) is 3.00. The third kappa shape index (κ3) is 1.52. The summed E-state index contributed by atoms with van der Waals surface area (Å²) in [4.78, 5) is 0. The minimum absolute atomic E-state index is 0.525. The third-order valence-corrected chi connectivity index (χ3v) is 1.09. The van der Waals surface area contributed by atoms with Gasteiger partial charge in [-0.2, -0.15) is 5.10 Å². The zero-order chi connectivity index (χ0) is 7.40. The Labute approximate surface area is 60.0 Å². The molecular formula is C7H9N3. The number of aromatic nitrogens is 2. The fraction of sp³-hybridized carbons (Fsp3) is 0.286. The van der Waals surface area contributed by atoms with Crippen LogP contribution in [0.3, 0.4) is 0 Å². The van der Waals surface area contributed by atoms with Gasteiger partial charge in [0.2, 0.25) is 0 Å². The van der Waals surface area contributed by atoms with Gasteiger partial charge in [-0.25, -0.2) is 0 Å². The molecule has 10 heavy (non-hydrogen) atoms. The number of anilines is 1. The van der Waals surface area contributed by atoms with Gasteiger partial charge in [0.15, 0.2) is 0 Å². The third-order valence-electron chi connectivity index (χ3n) is 1.09. The predicted octanol–water partition coefficient (Wildman–Crippen LogP) is 0.465. The number of hydrogen-bond acceptors (Lipinski definition) is 2. The fourth-order valence-corrected chi connectivity index (χ4v) is 0.651. The Morgan fingerprint density at radius 2 is 2.70 bits per heavy atom. The van der Waals surface area contributed by atoms with Gasteiger partial charge in [0.1, 0.15) is 5.82 Å². The van der Waals surface area contributed by atoms with Gasteiger partial charge < -0.3 is 5.32 Å². The van der Waals surface area contributed by atoms with Crippen LogP contribution in [0.1, 0.15) is 0 Å². The van der Waals surface area contributed by atoms with E-state index in [2.05, 4.69) is 16.3 Å². The van der Waals surface area contributed by atoms with Crippen LogP contribution in [0, 0.1) is 12.3 Å². The van der Waals surface area contributed by atoms with Crippen molar-refractivity contribution in [3.63, 3.8) is 0 Å². The Bertz CT molecular complexity index is 244. The zero-order valence-electron chi connectivity index (χ0n) is 5.83. The van der Waals surface area contributed by atoms with Crippen molar-refractivity contribution in [2.75, 3.05) is 11.9 Å². The number of nitrogens with zero attached hydrogens (tertiary/aromatic N) is 2. The predicted molar refractivity (Wildman–Crippen MR) is 40.5 cm³/mol. The number of aryl methyl sites for hydroxylation is 1. The van der Waals surface area contributed by atoms with Crippen LogP contribution >= 0.6 is 0 Å². The molecule has 3 nitrogen and oxygen atoms in total. The van der Waals surface area contributed by atoms with E-state index in [-0.39, 0.29) is 0 Å². The highest BCUT2D eigenvalue weighted by Crippen LogP contribution is 1.98. The van der Waals surface area contributed by atoms with Crippen molar-refractivity contribution in [2.45, 2.75) is 0 Å². The van der Waals surface area contributed by atoms with E-state index < -0.39 is 0 Å². The van der Waals surface area contributed by atoms with Gasteiger partial charge in [0.05, 0.1) is 6.54 Å². The maximum atomic E-state index is 5.04. The maximum Gasteiger partial charge on any atom is 0.148 e. The Balaban J connectivity index is 2.52. The van der Waals surface area contributed by atoms with E-state index in [1.54, 1.807) is 4.68 Å². The van der Waals surface area contributed by atoms with Crippen LogP contribution in [0.5, 0.6) is 0 Å². The van der Waals surface area contributed by atoms with E-state index in [0.29, 0.717) is 6.54 Å². The van der Waals surface area contributed by atoms with Gasteiger partial charge in [-0.3, -0.25) is 4.68 Å². The molecule has 52 valence electrons. The van der Waals surface area contributed by atoms with E-state index in [4.69, 9.17) is 6.42 Å². The van der Waals surface area contributed by atoms with Gasteiger partial charge in [-0.05, 0) is 0 Å². The topological polar surface area (TPSA) is 29.9 Å². The Morgan fingerprint density at radius 3 is 3.20 bits per heavy atom. The second kappa shape index (κ2) is 2.92. The number of nitrogens with one attached hydrogen (secondary N) is 1. The van der Waals surface area contributed by atoms with Crippen LogP contribution in [0.25, 0.3) is 0 Å². The second-order valence-corrected chi connectivity index (χ2v) is 1.93. The van der Waals surface area contributed by atoms with Crippen molar-refractivity contribution in [1.29, 1.82) is 0 Å². The van der Waals surface area contributed by atoms with Crippen LogP contribution in [-0.4, -0.2) is 16.3 Å². The molecule has 0 aliphatic rings. The van der Waals surface area contributed by atoms with Crippen LogP contribution in [-0.2, 0) is 7.05 Å². The highest BCUT2D eigenvalue weighted by Gasteiger charge is 1.90. The standard InChI is InChI=1S/C7H9N3/c1-3-5-8-7-4-6-10(2)9-7/h1,4,6H,5H2,2H3,(H,8,9). The lowest BCUT2D eigenvalue weighted by molar-refractivity contribution is 0.770. The molecule has 0 bridgehead atoms. The highest BCUT2D eigenvalue weighted by molar-refractivity contribution is 5.33. The van der Waals surface area contributed by atoms with E-state index in [9.17, 15) is 0 Å². The van der Waals surface area contributed by atoms with Gasteiger partial charge in [0, 0.05) is 19.3 Å². The molecule has 1 aromatic heterocycles. The zero-order valence-corrected chi connectivity index (χ0v) is 5.83. The monoisotopic (exact) mass is 135 g/mol. The van der Waals surface area contributed by atoms with Crippen molar-refractivity contribution in [3.8, 4) is 12.3 Å². The van der Waals surface area contributed by atoms with E-state index >= 15 is 0 Å². The average molecular weight is 135 g/mol. The molecular weight excluding hydrogens is 126 g/mol. The first kappa shape index (κ1) is 6.69. The summed E-state index contributed by atoms with van der Waals surface area (Å²) in [6.45, 7) is 0.525. The first-order valence-electron chi connectivity index (χ1n) is 3.00. The molecule has 1 rings (SSSR count). The molecule has 3 heteroatoms. The molecule has 0 aliphatic heterocycles. The summed E-state index contributed by atoms with van der Waals surface area (Å²) in [5.41, 5.74) is 0. The van der Waals surface area contributed by atoms with Crippen molar-refractivity contribution in [3.05, 3.63) is 12.3 Å². The van der Waals surface area contributed by atoms with Crippen molar-refractivity contribution in [2.24, 2.45) is 7.05 Å². The Kier molecular flexibility index (Phi) is 1.96. The Morgan fingerprint density at radius 1 is 1.90 bits per heavy atom. The fourth-order valence-electron chi connectivity index (χ4n) is 0.651. The van der Waals surface area contributed by atoms with E-state index in [1.165, 1.54) is 0 Å². The molecule has 0 saturated carbocycles. The molecule has 0 aliphatic carbocycles. The number of hydrogen-bond donors (Lipinski definition) is 1. The first-order chi connectivity index (χ1) is 4.83. The maximum absolute atomic E-state index is 5.04. The Hall–Kier alpha value is -1.43. The summed E-state index contributed by atoms with van der Waals surface area (Å²) < 4.78 is 1.72. The smallest absolute Gasteiger partial charge is 0.148 e. The van der Waals surface area contributed by atoms with Crippen LogP contribution < -0.4 is 5.32 Å². The van der Waals surface area contributed by atoms with Gasteiger partial charge >= 0.3 is 0 Å². The van der Waals surface area contributed by atoms with Gasteiger partial charge in [-0.15, -0.1) is 6.42 Å². The molecule has 0 saturated heterocycles. The van der Waals surface area contributed by atoms with E-state index in [0.717, 1.165) is 5.82 Å². The van der Waals surface area contributed by atoms with E-state index in [1.807, 2.05) is 19.3 Å². The molecule has 1 aromatic rings. The van der Waals surface area contributed by atoms with Crippen molar-refractivity contribution < 1.29 is 0 Å². The van der Waals surface area contributed by atoms with Crippen molar-refractivity contribution >= 4 is 5.82 Å². The van der Waals surface area contributed by atoms with Gasteiger partial charge in [0.25, 0.3) is 0 Å². The molecule has 0 atom stereocenters. The van der Waals surface area contributed by atoms with Crippen LogP contribution in [0.2, 0.25) is 0 Å². The minimum atomic E-state index is 0.525. The van der Waals surface area contributed by atoms with Crippen LogP contribution in [0.4, 0.5) is 5.82 Å². The summed E-state index contributed by atoms with van der Waals surface area (Å²) in [5.74, 6) is 3.28. The summed E-state index contributed by atoms with van der Waals surface area (Å²) >= 11 is 0. The molecule has 0 amide bonds. The highest BCUT2D eigenvalue weighted by atomic mass is 15.3. The summed E-state index contributed by atoms with van der Waals surface area (Å²) in [6, 6.07) is 1.87. The molecule has 0 radical (unpaired) electrons. The lowest BCUT2D eigenvalue weighted by Gasteiger charge is -1.93. The largest absolute Gasteiger partial charge is 0.358 e. The molecule has 0 fully saturated rings. The molecule has 1 heterocycles. The molecule has 0 spiro atoms. The lowest BCUT2D eigenvalue weighted by Crippen LogP contribution is -1.99. The molecule has 0 aromatic carbocycles. The normalized spacial score (nSPS) is 8.80. The van der Waals surface area contributed by atoms with Gasteiger partial charge in [-0.1, -0.05) is 5.92 Å². The second-order valence-electron chi connectivity index (χ2n) is 1.93. The van der Waals surface area contributed by atoms with Crippen LogP contribution in [0.15, 0.2) is 12.3 Å². The minimum Gasteiger partial charge on any atom is -0.358 e. The van der Waals surface area contributed by atoms with Crippen molar-refractivity contribution in [1.82, 2.24) is 9.78 Å². The number of rotatable bonds is 2. The summed E-state index contributed by atoms with van der Waals surface area (Å²) in [6.07, 6.45) is 6.90. The molecule has 1 N–H and O–H groups in total. The average Bonchev–Trinajstić information content (AvgIpc) is 2.31.